The SMILES string of the molecule is CCO[C@@H]1C(C)=CN(S(C)(=O)=O)[C@H]1C(=O)c1ccccc1. The van der Waals surface area contributed by atoms with E-state index in [1.807, 2.05) is 13.0 Å². The van der Waals surface area contributed by atoms with Crippen LogP contribution in [0.5, 0.6) is 0 Å². The molecule has 0 aliphatic carbocycles. The van der Waals surface area contributed by atoms with E-state index in [0.717, 1.165) is 16.1 Å². The molecule has 1 heterocycles. The van der Waals surface area contributed by atoms with Gasteiger partial charge >= 0.3 is 0 Å². The summed E-state index contributed by atoms with van der Waals surface area (Å²) in [5.74, 6) is -0.257. The van der Waals surface area contributed by atoms with Gasteiger partial charge < -0.3 is 4.74 Å². The van der Waals surface area contributed by atoms with Crippen molar-refractivity contribution >= 4 is 15.8 Å². The van der Waals surface area contributed by atoms with E-state index < -0.39 is 22.2 Å². The molecule has 0 spiro atoms. The van der Waals surface area contributed by atoms with Gasteiger partial charge in [0.1, 0.15) is 12.1 Å². The molecule has 0 fully saturated rings. The van der Waals surface area contributed by atoms with Crippen LogP contribution in [0.3, 0.4) is 0 Å². The Balaban J connectivity index is 2.43. The number of nitrogens with zero attached hydrogens (tertiary/aromatic N) is 1. The monoisotopic (exact) mass is 309 g/mol. The van der Waals surface area contributed by atoms with Crippen LogP contribution in [0, 0.1) is 0 Å². The van der Waals surface area contributed by atoms with Crippen LogP contribution in [-0.4, -0.2) is 43.5 Å². The molecule has 21 heavy (non-hydrogen) atoms. The summed E-state index contributed by atoms with van der Waals surface area (Å²) >= 11 is 0. The Kier molecular flexibility index (Phi) is 4.49. The van der Waals surface area contributed by atoms with Gasteiger partial charge in [-0.2, -0.15) is 0 Å². The first-order valence-corrected chi connectivity index (χ1v) is 8.58. The van der Waals surface area contributed by atoms with Crippen molar-refractivity contribution in [3.63, 3.8) is 0 Å². The Morgan fingerprint density at radius 3 is 2.43 bits per heavy atom. The first kappa shape index (κ1) is 15.7. The highest BCUT2D eigenvalue weighted by molar-refractivity contribution is 7.88. The van der Waals surface area contributed by atoms with E-state index in [0.29, 0.717) is 12.2 Å². The molecule has 0 unspecified atom stereocenters. The summed E-state index contributed by atoms with van der Waals surface area (Å²) in [6.07, 6.45) is 2.04. The zero-order valence-electron chi connectivity index (χ0n) is 12.3. The normalized spacial score (nSPS) is 22.2. The number of carbonyl (C=O) groups is 1. The topological polar surface area (TPSA) is 63.7 Å². The Bertz CT molecular complexity index is 652. The van der Waals surface area contributed by atoms with Crippen molar-refractivity contribution in [1.29, 1.82) is 0 Å². The van der Waals surface area contributed by atoms with Gasteiger partial charge in [-0.15, -0.1) is 0 Å². The number of carbonyl (C=O) groups excluding carboxylic acids is 1. The first-order valence-electron chi connectivity index (χ1n) is 6.74. The van der Waals surface area contributed by atoms with Crippen molar-refractivity contribution in [1.82, 2.24) is 4.31 Å². The van der Waals surface area contributed by atoms with Gasteiger partial charge in [-0.25, -0.2) is 8.42 Å². The lowest BCUT2D eigenvalue weighted by molar-refractivity contribution is 0.0499. The summed E-state index contributed by atoms with van der Waals surface area (Å²) in [7, 11) is -3.53. The third-order valence-electron chi connectivity index (χ3n) is 3.40. The molecule has 0 radical (unpaired) electrons. The van der Waals surface area contributed by atoms with Gasteiger partial charge in [-0.05, 0) is 19.4 Å². The minimum atomic E-state index is -3.53. The Morgan fingerprint density at radius 1 is 1.29 bits per heavy atom. The van der Waals surface area contributed by atoms with Crippen LogP contribution in [0.2, 0.25) is 0 Å². The summed E-state index contributed by atoms with van der Waals surface area (Å²) in [4.78, 5) is 12.7. The zero-order chi connectivity index (χ0) is 15.6. The molecule has 0 saturated carbocycles. The van der Waals surface area contributed by atoms with Crippen molar-refractivity contribution in [2.24, 2.45) is 0 Å². The average molecular weight is 309 g/mol. The van der Waals surface area contributed by atoms with Crippen LogP contribution < -0.4 is 0 Å². The number of Topliss-reactive ketones (excluding diaryl/α,β-unsaturated/α-hetero) is 1. The average Bonchev–Trinajstić information content (AvgIpc) is 2.77. The predicted molar refractivity (Wildman–Crippen MR) is 80.4 cm³/mol. The number of ether oxygens (including phenoxy) is 1. The fraction of sp³-hybridized carbons (Fsp3) is 0.400. The van der Waals surface area contributed by atoms with Gasteiger partial charge in [0.25, 0.3) is 0 Å². The highest BCUT2D eigenvalue weighted by Gasteiger charge is 2.43. The third-order valence-corrected chi connectivity index (χ3v) is 4.50. The molecule has 1 aliphatic heterocycles. The van der Waals surface area contributed by atoms with Crippen LogP contribution in [-0.2, 0) is 14.8 Å². The molecule has 6 heteroatoms. The molecule has 0 aromatic heterocycles. The summed E-state index contributed by atoms with van der Waals surface area (Å²) in [5.41, 5.74) is 1.21. The maximum absolute atomic E-state index is 12.7. The number of ketones is 1. The molecule has 0 amide bonds. The number of hydrogen-bond acceptors (Lipinski definition) is 4. The van der Waals surface area contributed by atoms with Gasteiger partial charge in [0.15, 0.2) is 5.78 Å². The van der Waals surface area contributed by atoms with Crippen LogP contribution in [0.25, 0.3) is 0 Å². The maximum atomic E-state index is 12.7. The standard InChI is InChI=1S/C15H19NO4S/c1-4-20-15-11(2)10-16(21(3,18)19)13(15)14(17)12-8-6-5-7-9-12/h5-10,13,15H,4H2,1-3H3/t13-,15+/m0/s1. The number of sulfonamides is 1. The van der Waals surface area contributed by atoms with Gasteiger partial charge in [-0.1, -0.05) is 30.3 Å². The highest BCUT2D eigenvalue weighted by atomic mass is 32.2. The fourth-order valence-corrected chi connectivity index (χ4v) is 3.44. The summed E-state index contributed by atoms with van der Waals surface area (Å²) in [5, 5.41) is 0. The molecule has 2 rings (SSSR count). The van der Waals surface area contributed by atoms with Crippen molar-refractivity contribution < 1.29 is 17.9 Å². The summed E-state index contributed by atoms with van der Waals surface area (Å²) in [6.45, 7) is 4.00. The van der Waals surface area contributed by atoms with Crippen molar-refractivity contribution in [3.05, 3.63) is 47.7 Å². The van der Waals surface area contributed by atoms with Crippen molar-refractivity contribution in [2.45, 2.75) is 26.0 Å². The van der Waals surface area contributed by atoms with E-state index in [1.165, 1.54) is 6.20 Å². The second-order valence-electron chi connectivity index (χ2n) is 5.02. The van der Waals surface area contributed by atoms with Crippen LogP contribution >= 0.6 is 0 Å². The van der Waals surface area contributed by atoms with Gasteiger partial charge in [0.05, 0.1) is 6.26 Å². The number of benzene rings is 1. The van der Waals surface area contributed by atoms with E-state index in [9.17, 15) is 13.2 Å². The largest absolute Gasteiger partial charge is 0.371 e. The molecule has 1 aliphatic rings. The number of hydrogen-bond donors (Lipinski definition) is 0. The molecule has 1 aromatic rings. The van der Waals surface area contributed by atoms with E-state index in [-0.39, 0.29) is 5.78 Å². The first-order chi connectivity index (χ1) is 9.86. The summed E-state index contributed by atoms with van der Waals surface area (Å²) in [6, 6.07) is 7.80. The molecule has 0 saturated heterocycles. The second kappa shape index (κ2) is 5.99. The van der Waals surface area contributed by atoms with Gasteiger partial charge in [0.2, 0.25) is 10.0 Å². The predicted octanol–water partition coefficient (Wildman–Crippen LogP) is 1.82. The fourth-order valence-electron chi connectivity index (χ4n) is 2.47. The lowest BCUT2D eigenvalue weighted by atomic mass is 9.98. The zero-order valence-corrected chi connectivity index (χ0v) is 13.1. The molecular weight excluding hydrogens is 290 g/mol. The third kappa shape index (κ3) is 3.16. The molecule has 0 N–H and O–H groups in total. The van der Waals surface area contributed by atoms with E-state index in [1.54, 1.807) is 31.2 Å². The highest BCUT2D eigenvalue weighted by Crippen LogP contribution is 2.29. The molecule has 2 atom stereocenters. The maximum Gasteiger partial charge on any atom is 0.232 e. The molecular formula is C15H19NO4S. The lowest BCUT2D eigenvalue weighted by Gasteiger charge is -2.27. The van der Waals surface area contributed by atoms with E-state index >= 15 is 0 Å². The number of rotatable bonds is 5. The Morgan fingerprint density at radius 2 is 1.90 bits per heavy atom. The molecule has 0 bridgehead atoms. The lowest BCUT2D eigenvalue weighted by Crippen LogP contribution is -2.45. The van der Waals surface area contributed by atoms with Crippen molar-refractivity contribution in [3.8, 4) is 0 Å². The molecule has 114 valence electrons. The van der Waals surface area contributed by atoms with Crippen LogP contribution in [0.15, 0.2) is 42.1 Å². The minimum Gasteiger partial charge on any atom is -0.371 e. The Labute approximate surface area is 125 Å². The second-order valence-corrected chi connectivity index (χ2v) is 6.90. The van der Waals surface area contributed by atoms with Gasteiger partial charge in [0, 0.05) is 18.4 Å². The van der Waals surface area contributed by atoms with Crippen LogP contribution in [0.4, 0.5) is 0 Å². The van der Waals surface area contributed by atoms with Gasteiger partial charge in [-0.3, -0.25) is 9.10 Å². The van der Waals surface area contributed by atoms with E-state index in [4.69, 9.17) is 4.74 Å². The smallest absolute Gasteiger partial charge is 0.232 e. The summed E-state index contributed by atoms with van der Waals surface area (Å²) < 4.78 is 30.6. The van der Waals surface area contributed by atoms with Crippen molar-refractivity contribution in [2.75, 3.05) is 12.9 Å². The quantitative estimate of drug-likeness (QED) is 0.778. The molecule has 1 aromatic carbocycles. The Hall–Kier alpha value is -1.66. The molecule has 5 nitrogen and oxygen atoms in total. The van der Waals surface area contributed by atoms with Crippen LogP contribution in [0.1, 0.15) is 24.2 Å². The minimum absolute atomic E-state index is 0.257. The van der Waals surface area contributed by atoms with E-state index in [2.05, 4.69) is 0 Å².